The van der Waals surface area contributed by atoms with Gasteiger partial charge in [0.05, 0.1) is 25.7 Å². The molecule has 0 bridgehead atoms. The van der Waals surface area contributed by atoms with Gasteiger partial charge in [-0.1, -0.05) is 12.8 Å². The molecule has 0 aromatic heterocycles. The zero-order valence-electron chi connectivity index (χ0n) is 10.4. The molecule has 0 aromatic carbocycles. The molecule has 0 radical (unpaired) electrons. The minimum absolute atomic E-state index is 0.0240. The Morgan fingerprint density at radius 3 is 3.00 bits per heavy atom. The molecule has 0 amide bonds. The van der Waals surface area contributed by atoms with Crippen LogP contribution in [0.4, 0.5) is 0 Å². The molecule has 4 heteroatoms. The maximum absolute atomic E-state index is 11.8. The van der Waals surface area contributed by atoms with Crippen LogP contribution in [-0.4, -0.2) is 54.7 Å². The van der Waals surface area contributed by atoms with Crippen LogP contribution < -0.4 is 0 Å². The molecular weight excluding hydrogens is 218 g/mol. The SMILES string of the molecule is O=C1CCOCC1CN1CCCCCC1CO. The molecule has 2 rings (SSSR count). The molecule has 0 spiro atoms. The maximum Gasteiger partial charge on any atom is 0.141 e. The lowest BCUT2D eigenvalue weighted by Gasteiger charge is -2.32. The monoisotopic (exact) mass is 241 g/mol. The number of aliphatic hydroxyl groups excluding tert-OH is 1. The van der Waals surface area contributed by atoms with Crippen molar-refractivity contribution in [3.8, 4) is 0 Å². The quantitative estimate of drug-likeness (QED) is 0.795. The lowest BCUT2D eigenvalue weighted by Crippen LogP contribution is -2.44. The number of ether oxygens (including phenoxy) is 1. The van der Waals surface area contributed by atoms with Crippen molar-refractivity contribution in [3.05, 3.63) is 0 Å². The summed E-state index contributed by atoms with van der Waals surface area (Å²) in [5.74, 6) is 0.355. The van der Waals surface area contributed by atoms with E-state index in [2.05, 4.69) is 4.90 Å². The molecule has 4 nitrogen and oxygen atoms in total. The number of likely N-dealkylation sites (tertiary alicyclic amines) is 1. The van der Waals surface area contributed by atoms with Crippen molar-refractivity contribution >= 4 is 5.78 Å². The third kappa shape index (κ3) is 3.50. The van der Waals surface area contributed by atoms with Crippen LogP contribution in [-0.2, 0) is 9.53 Å². The van der Waals surface area contributed by atoms with Crippen LogP contribution in [0.3, 0.4) is 0 Å². The van der Waals surface area contributed by atoms with Crippen LogP contribution in [0.5, 0.6) is 0 Å². The molecule has 2 unspecified atom stereocenters. The van der Waals surface area contributed by atoms with E-state index in [1.54, 1.807) is 0 Å². The fourth-order valence-corrected chi connectivity index (χ4v) is 2.82. The van der Waals surface area contributed by atoms with E-state index in [-0.39, 0.29) is 18.6 Å². The normalized spacial score (nSPS) is 32.4. The summed E-state index contributed by atoms with van der Waals surface area (Å²) < 4.78 is 5.38. The van der Waals surface area contributed by atoms with Crippen molar-refractivity contribution in [1.82, 2.24) is 4.90 Å². The zero-order chi connectivity index (χ0) is 12.1. The van der Waals surface area contributed by atoms with E-state index in [4.69, 9.17) is 4.74 Å². The first-order chi connectivity index (χ1) is 8.31. The molecule has 98 valence electrons. The fraction of sp³-hybridized carbons (Fsp3) is 0.923. The highest BCUT2D eigenvalue weighted by atomic mass is 16.5. The van der Waals surface area contributed by atoms with E-state index < -0.39 is 0 Å². The lowest BCUT2D eigenvalue weighted by molar-refractivity contribution is -0.131. The van der Waals surface area contributed by atoms with E-state index in [0.717, 1.165) is 19.5 Å². The van der Waals surface area contributed by atoms with Gasteiger partial charge in [0.25, 0.3) is 0 Å². The van der Waals surface area contributed by atoms with E-state index >= 15 is 0 Å². The van der Waals surface area contributed by atoms with Crippen LogP contribution in [0.2, 0.25) is 0 Å². The highest BCUT2D eigenvalue weighted by molar-refractivity contribution is 5.82. The van der Waals surface area contributed by atoms with E-state index in [1.165, 1.54) is 19.3 Å². The van der Waals surface area contributed by atoms with Gasteiger partial charge in [0.2, 0.25) is 0 Å². The molecule has 2 fully saturated rings. The third-order valence-corrected chi connectivity index (χ3v) is 3.93. The molecule has 2 saturated heterocycles. The molecule has 0 saturated carbocycles. The molecular formula is C13H23NO3. The molecule has 2 atom stereocenters. The Hall–Kier alpha value is -0.450. The minimum atomic E-state index is 0.0240. The highest BCUT2D eigenvalue weighted by Crippen LogP contribution is 2.20. The molecule has 2 heterocycles. The highest BCUT2D eigenvalue weighted by Gasteiger charge is 2.28. The fourth-order valence-electron chi connectivity index (χ4n) is 2.82. The van der Waals surface area contributed by atoms with Crippen LogP contribution in [0.25, 0.3) is 0 Å². The second kappa shape index (κ2) is 6.47. The van der Waals surface area contributed by atoms with Crippen molar-refractivity contribution < 1.29 is 14.6 Å². The summed E-state index contributed by atoms with van der Waals surface area (Å²) in [4.78, 5) is 14.1. The van der Waals surface area contributed by atoms with Gasteiger partial charge >= 0.3 is 0 Å². The Balaban J connectivity index is 1.91. The van der Waals surface area contributed by atoms with Gasteiger partial charge < -0.3 is 9.84 Å². The van der Waals surface area contributed by atoms with E-state index in [0.29, 0.717) is 25.4 Å². The summed E-state index contributed by atoms with van der Waals surface area (Å²) in [6.07, 6.45) is 5.22. The minimum Gasteiger partial charge on any atom is -0.395 e. The van der Waals surface area contributed by atoms with Gasteiger partial charge in [0.15, 0.2) is 0 Å². The van der Waals surface area contributed by atoms with Crippen molar-refractivity contribution in [3.63, 3.8) is 0 Å². The van der Waals surface area contributed by atoms with Crippen molar-refractivity contribution in [2.75, 3.05) is 32.9 Å². The van der Waals surface area contributed by atoms with E-state index in [1.807, 2.05) is 0 Å². The topological polar surface area (TPSA) is 49.8 Å². The Kier molecular flexibility index (Phi) is 4.95. The molecule has 0 aliphatic carbocycles. The number of carbonyl (C=O) groups excluding carboxylic acids is 1. The summed E-state index contributed by atoms with van der Waals surface area (Å²) in [6, 6.07) is 0.243. The van der Waals surface area contributed by atoms with Crippen LogP contribution in [0.1, 0.15) is 32.1 Å². The second-order valence-corrected chi connectivity index (χ2v) is 5.17. The van der Waals surface area contributed by atoms with Gasteiger partial charge in [-0.05, 0) is 19.4 Å². The molecule has 2 aliphatic rings. The molecule has 2 aliphatic heterocycles. The van der Waals surface area contributed by atoms with Crippen molar-refractivity contribution in [2.24, 2.45) is 5.92 Å². The predicted octanol–water partition coefficient (Wildman–Crippen LogP) is 0.829. The first kappa shape index (κ1) is 13.0. The van der Waals surface area contributed by atoms with Gasteiger partial charge in [-0.3, -0.25) is 9.69 Å². The number of rotatable bonds is 3. The Morgan fingerprint density at radius 1 is 1.35 bits per heavy atom. The lowest BCUT2D eigenvalue weighted by atomic mass is 9.99. The maximum atomic E-state index is 11.8. The van der Waals surface area contributed by atoms with Crippen LogP contribution in [0, 0.1) is 5.92 Å². The number of ketones is 1. The Bertz CT molecular complexity index is 257. The average Bonchev–Trinajstić information content (AvgIpc) is 2.57. The van der Waals surface area contributed by atoms with Gasteiger partial charge in [-0.2, -0.15) is 0 Å². The summed E-state index contributed by atoms with van der Waals surface area (Å²) in [7, 11) is 0. The summed E-state index contributed by atoms with van der Waals surface area (Å²) in [5, 5.41) is 9.42. The predicted molar refractivity (Wildman–Crippen MR) is 64.8 cm³/mol. The van der Waals surface area contributed by atoms with Gasteiger partial charge in [-0.15, -0.1) is 0 Å². The Morgan fingerprint density at radius 2 is 2.24 bits per heavy atom. The molecule has 1 N–H and O–H groups in total. The third-order valence-electron chi connectivity index (χ3n) is 3.93. The number of hydrogen-bond donors (Lipinski definition) is 1. The first-order valence-corrected chi connectivity index (χ1v) is 6.76. The first-order valence-electron chi connectivity index (χ1n) is 6.76. The number of aliphatic hydroxyl groups is 1. The van der Waals surface area contributed by atoms with Gasteiger partial charge in [0, 0.05) is 19.0 Å². The number of Topliss-reactive ketones (excluding diaryl/α,β-unsaturated/α-hetero) is 1. The van der Waals surface area contributed by atoms with E-state index in [9.17, 15) is 9.90 Å². The van der Waals surface area contributed by atoms with Crippen molar-refractivity contribution in [2.45, 2.75) is 38.1 Å². The standard InChI is InChI=1S/C13H23NO3/c15-9-12-4-2-1-3-6-14(12)8-11-10-17-7-5-13(11)16/h11-12,15H,1-10H2. The van der Waals surface area contributed by atoms with Crippen LogP contribution in [0.15, 0.2) is 0 Å². The van der Waals surface area contributed by atoms with Crippen LogP contribution >= 0.6 is 0 Å². The smallest absolute Gasteiger partial charge is 0.141 e. The van der Waals surface area contributed by atoms with Gasteiger partial charge in [0.1, 0.15) is 5.78 Å². The molecule has 0 aromatic rings. The Labute approximate surface area is 103 Å². The van der Waals surface area contributed by atoms with Gasteiger partial charge in [-0.25, -0.2) is 0 Å². The zero-order valence-corrected chi connectivity index (χ0v) is 10.4. The largest absolute Gasteiger partial charge is 0.395 e. The molecule has 17 heavy (non-hydrogen) atoms. The summed E-state index contributed by atoms with van der Waals surface area (Å²) in [5.41, 5.74) is 0. The average molecular weight is 241 g/mol. The number of hydrogen-bond acceptors (Lipinski definition) is 4. The van der Waals surface area contributed by atoms with Crippen molar-refractivity contribution in [1.29, 1.82) is 0 Å². The number of carbonyl (C=O) groups is 1. The summed E-state index contributed by atoms with van der Waals surface area (Å²) in [6.45, 7) is 3.13. The summed E-state index contributed by atoms with van der Waals surface area (Å²) >= 11 is 0. The number of nitrogens with zero attached hydrogens (tertiary/aromatic N) is 1. The second-order valence-electron chi connectivity index (χ2n) is 5.17.